The van der Waals surface area contributed by atoms with Gasteiger partial charge in [-0.05, 0) is 30.3 Å². The number of hydrazine groups is 1. The SMILES string of the molecule is COC(=O)N(NC(=O)c1c(Cn2cnc3ccccc32)c(-c2ccccc2)nc2ccccc12)c1ccccc1. The van der Waals surface area contributed by atoms with E-state index in [4.69, 9.17) is 9.72 Å². The summed E-state index contributed by atoms with van der Waals surface area (Å²) >= 11 is 0. The molecular weight excluding hydrogens is 502 g/mol. The van der Waals surface area contributed by atoms with Gasteiger partial charge in [0.25, 0.3) is 5.91 Å². The van der Waals surface area contributed by atoms with Gasteiger partial charge in [-0.2, -0.15) is 5.01 Å². The Morgan fingerprint density at radius 2 is 1.48 bits per heavy atom. The average molecular weight is 528 g/mol. The van der Waals surface area contributed by atoms with Crippen LogP contribution in [0.15, 0.2) is 116 Å². The third kappa shape index (κ3) is 4.63. The van der Waals surface area contributed by atoms with Crippen LogP contribution in [0.3, 0.4) is 0 Å². The zero-order chi connectivity index (χ0) is 27.5. The van der Waals surface area contributed by atoms with Crippen LogP contribution in [0, 0.1) is 0 Å². The van der Waals surface area contributed by atoms with E-state index in [0.29, 0.717) is 40.0 Å². The van der Waals surface area contributed by atoms with E-state index >= 15 is 0 Å². The molecule has 8 heteroatoms. The summed E-state index contributed by atoms with van der Waals surface area (Å²) in [5, 5.41) is 1.77. The highest BCUT2D eigenvalue weighted by molar-refractivity contribution is 6.10. The van der Waals surface area contributed by atoms with E-state index in [1.165, 1.54) is 7.11 Å². The topological polar surface area (TPSA) is 89.4 Å². The maximum atomic E-state index is 14.2. The molecule has 4 aromatic carbocycles. The number of rotatable bonds is 5. The molecule has 6 aromatic rings. The van der Waals surface area contributed by atoms with Gasteiger partial charge in [-0.1, -0.05) is 78.9 Å². The molecule has 2 amide bonds. The molecular formula is C32H25N5O3. The summed E-state index contributed by atoms with van der Waals surface area (Å²) < 4.78 is 6.99. The second-order valence-corrected chi connectivity index (χ2v) is 9.14. The predicted molar refractivity (Wildman–Crippen MR) is 155 cm³/mol. The molecule has 0 atom stereocenters. The Balaban J connectivity index is 1.56. The normalized spacial score (nSPS) is 10.9. The number of hydrogen-bond donors (Lipinski definition) is 1. The minimum absolute atomic E-state index is 0.328. The minimum atomic E-state index is -0.719. The Hall–Kier alpha value is -5.50. The van der Waals surface area contributed by atoms with E-state index in [0.717, 1.165) is 21.6 Å². The summed E-state index contributed by atoms with van der Waals surface area (Å²) in [4.78, 5) is 36.6. The van der Waals surface area contributed by atoms with E-state index < -0.39 is 12.0 Å². The molecule has 196 valence electrons. The summed E-state index contributed by atoms with van der Waals surface area (Å²) in [7, 11) is 1.27. The number of anilines is 1. The summed E-state index contributed by atoms with van der Waals surface area (Å²) in [6.07, 6.45) is 1.05. The first-order chi connectivity index (χ1) is 19.6. The van der Waals surface area contributed by atoms with Crippen molar-refractivity contribution in [1.82, 2.24) is 20.0 Å². The minimum Gasteiger partial charge on any atom is -0.451 e. The van der Waals surface area contributed by atoms with Gasteiger partial charge >= 0.3 is 6.09 Å². The Bertz CT molecular complexity index is 1830. The number of hydrogen-bond acceptors (Lipinski definition) is 5. The molecule has 0 aliphatic heterocycles. The third-order valence-corrected chi connectivity index (χ3v) is 6.71. The van der Waals surface area contributed by atoms with Crippen molar-refractivity contribution in [1.29, 1.82) is 0 Å². The smallest absolute Gasteiger partial charge is 0.433 e. The number of fused-ring (bicyclic) bond motifs is 2. The number of pyridine rings is 1. The maximum Gasteiger partial charge on any atom is 0.433 e. The molecule has 2 heterocycles. The van der Waals surface area contributed by atoms with Crippen LogP contribution in [0.4, 0.5) is 10.5 Å². The number of nitrogens with zero attached hydrogens (tertiary/aromatic N) is 4. The molecule has 0 saturated heterocycles. The molecule has 8 nitrogen and oxygen atoms in total. The second kappa shape index (κ2) is 10.7. The van der Waals surface area contributed by atoms with Crippen LogP contribution in [0.2, 0.25) is 0 Å². The molecule has 0 aliphatic rings. The van der Waals surface area contributed by atoms with Gasteiger partial charge in [0, 0.05) is 16.5 Å². The number of benzene rings is 4. The lowest BCUT2D eigenvalue weighted by Gasteiger charge is -2.24. The summed E-state index contributed by atoms with van der Waals surface area (Å²) in [6, 6.07) is 33.9. The van der Waals surface area contributed by atoms with Crippen LogP contribution >= 0.6 is 0 Å². The van der Waals surface area contributed by atoms with Crippen LogP contribution in [-0.4, -0.2) is 33.6 Å². The molecule has 0 spiro atoms. The van der Waals surface area contributed by atoms with Crippen molar-refractivity contribution in [3.05, 3.63) is 127 Å². The van der Waals surface area contributed by atoms with Crippen molar-refractivity contribution in [3.8, 4) is 11.3 Å². The van der Waals surface area contributed by atoms with E-state index in [9.17, 15) is 9.59 Å². The highest BCUT2D eigenvalue weighted by Crippen LogP contribution is 2.32. The fourth-order valence-corrected chi connectivity index (χ4v) is 4.85. The van der Waals surface area contributed by atoms with Gasteiger partial charge in [-0.3, -0.25) is 10.2 Å². The lowest BCUT2D eigenvalue weighted by atomic mass is 9.96. The number of methoxy groups -OCH3 is 1. The van der Waals surface area contributed by atoms with Crippen molar-refractivity contribution in [2.24, 2.45) is 0 Å². The zero-order valence-electron chi connectivity index (χ0n) is 21.7. The number of amides is 2. The summed E-state index contributed by atoms with van der Waals surface area (Å²) in [6.45, 7) is 0.328. The van der Waals surface area contributed by atoms with E-state index in [1.807, 2.05) is 89.5 Å². The van der Waals surface area contributed by atoms with Crippen LogP contribution in [-0.2, 0) is 11.3 Å². The maximum absolute atomic E-state index is 14.2. The quantitative estimate of drug-likeness (QED) is 0.269. The van der Waals surface area contributed by atoms with E-state index in [2.05, 4.69) is 10.4 Å². The number of nitrogens with one attached hydrogen (secondary N) is 1. The molecule has 0 fully saturated rings. The Labute approximate surface area is 230 Å². The average Bonchev–Trinajstić information content (AvgIpc) is 3.42. The molecule has 0 unspecified atom stereocenters. The lowest BCUT2D eigenvalue weighted by Crippen LogP contribution is -2.47. The van der Waals surface area contributed by atoms with Gasteiger partial charge in [0.1, 0.15) is 0 Å². The first kappa shape index (κ1) is 24.8. The molecule has 0 radical (unpaired) electrons. The molecule has 2 aromatic heterocycles. The first-order valence-electron chi connectivity index (χ1n) is 12.7. The van der Waals surface area contributed by atoms with Crippen molar-refractivity contribution < 1.29 is 14.3 Å². The fourth-order valence-electron chi connectivity index (χ4n) is 4.85. The van der Waals surface area contributed by atoms with Crippen LogP contribution in [0.5, 0.6) is 0 Å². The standard InChI is InChI=1S/C32H25N5O3/c1-40-32(39)37(23-14-6-3-7-15-23)35-31(38)29-24-16-8-9-17-26(24)34-30(22-12-4-2-5-13-22)25(29)20-36-21-33-27-18-10-11-19-28(27)36/h2-19,21H,20H2,1H3,(H,35,38). The highest BCUT2D eigenvalue weighted by atomic mass is 16.5. The molecule has 1 N–H and O–H groups in total. The Morgan fingerprint density at radius 3 is 2.23 bits per heavy atom. The molecule has 0 saturated carbocycles. The number of carbonyl (C=O) groups is 2. The van der Waals surface area contributed by atoms with Gasteiger partial charge < -0.3 is 9.30 Å². The van der Waals surface area contributed by atoms with Gasteiger partial charge in [0.05, 0.1) is 53.5 Å². The highest BCUT2D eigenvalue weighted by Gasteiger charge is 2.26. The number of ether oxygens (including phenoxy) is 1. The van der Waals surface area contributed by atoms with Crippen molar-refractivity contribution in [2.45, 2.75) is 6.54 Å². The largest absolute Gasteiger partial charge is 0.451 e. The summed E-state index contributed by atoms with van der Waals surface area (Å²) in [5.41, 5.74) is 8.35. The predicted octanol–water partition coefficient (Wildman–Crippen LogP) is 6.22. The first-order valence-corrected chi connectivity index (χ1v) is 12.7. The molecule has 40 heavy (non-hydrogen) atoms. The number of carbonyl (C=O) groups excluding carboxylic acids is 2. The van der Waals surface area contributed by atoms with Gasteiger partial charge in [-0.25, -0.2) is 14.8 Å². The van der Waals surface area contributed by atoms with E-state index in [1.54, 1.807) is 30.6 Å². The third-order valence-electron chi connectivity index (χ3n) is 6.71. The number of para-hydroxylation sites is 4. The Morgan fingerprint density at radius 1 is 0.825 bits per heavy atom. The molecule has 0 bridgehead atoms. The summed E-state index contributed by atoms with van der Waals surface area (Å²) in [5.74, 6) is -0.468. The van der Waals surface area contributed by atoms with Crippen LogP contribution < -0.4 is 10.4 Å². The van der Waals surface area contributed by atoms with Gasteiger partial charge in [0.15, 0.2) is 0 Å². The molecule has 6 rings (SSSR count). The van der Waals surface area contributed by atoms with E-state index in [-0.39, 0.29) is 0 Å². The lowest BCUT2D eigenvalue weighted by molar-refractivity contribution is 0.0941. The Kier molecular flexibility index (Phi) is 6.64. The molecule has 0 aliphatic carbocycles. The fraction of sp³-hybridized carbons (Fsp3) is 0.0625. The van der Waals surface area contributed by atoms with Gasteiger partial charge in [-0.15, -0.1) is 0 Å². The number of imidazole rings is 1. The van der Waals surface area contributed by atoms with Gasteiger partial charge in [0.2, 0.25) is 0 Å². The second-order valence-electron chi connectivity index (χ2n) is 9.14. The monoisotopic (exact) mass is 527 g/mol. The van der Waals surface area contributed by atoms with Crippen LogP contribution in [0.1, 0.15) is 15.9 Å². The number of aromatic nitrogens is 3. The van der Waals surface area contributed by atoms with Crippen molar-refractivity contribution >= 4 is 39.6 Å². The van der Waals surface area contributed by atoms with Crippen LogP contribution in [0.25, 0.3) is 33.2 Å². The van der Waals surface area contributed by atoms with Crippen molar-refractivity contribution in [2.75, 3.05) is 12.1 Å². The van der Waals surface area contributed by atoms with Crippen molar-refractivity contribution in [3.63, 3.8) is 0 Å². The zero-order valence-corrected chi connectivity index (χ0v) is 21.7.